The molecule has 0 radical (unpaired) electrons. The quantitative estimate of drug-likeness (QED) is 0.307. The zero-order valence-corrected chi connectivity index (χ0v) is 21.3. The van der Waals surface area contributed by atoms with Crippen LogP contribution in [0.1, 0.15) is 88.7 Å². The Morgan fingerprint density at radius 2 is 0.971 bits per heavy atom. The summed E-state index contributed by atoms with van der Waals surface area (Å²) in [6, 6.07) is 7.70. The number of ketones is 2. The molecule has 2 aromatic rings. The van der Waals surface area contributed by atoms with E-state index in [0.717, 1.165) is 46.2 Å². The van der Waals surface area contributed by atoms with E-state index in [2.05, 4.69) is 0 Å². The number of rotatable bonds is 9. The number of benzene rings is 2. The van der Waals surface area contributed by atoms with E-state index in [1.165, 1.54) is 0 Å². The molecule has 2 aromatic carbocycles. The average Bonchev–Trinajstić information content (AvgIpc) is 2.82. The van der Waals surface area contributed by atoms with Crippen molar-refractivity contribution in [3.63, 3.8) is 0 Å². The van der Waals surface area contributed by atoms with Crippen molar-refractivity contribution in [2.45, 2.75) is 74.1 Å². The second-order valence-electron chi connectivity index (χ2n) is 8.01. The van der Waals surface area contributed by atoms with Crippen LogP contribution in [-0.2, 0) is 40.0 Å². The van der Waals surface area contributed by atoms with Crippen LogP contribution in [0.5, 0.6) is 0 Å². The number of carboxylic acid groups (broad SMARTS) is 1. The SMILES string of the molecule is CCOC(=O)C(=O)c1c(CC)cc(C)cc1CC.CCc1cc(C)cc(CC)c1C(=O)C(=O)O. The van der Waals surface area contributed by atoms with Gasteiger partial charge in [-0.25, -0.2) is 9.59 Å². The fourth-order valence-electron chi connectivity index (χ4n) is 3.99. The van der Waals surface area contributed by atoms with Gasteiger partial charge in [0.05, 0.1) is 6.61 Å². The first kappa shape index (κ1) is 28.8. The molecule has 0 heterocycles. The molecular weight excluding hydrogens is 432 g/mol. The van der Waals surface area contributed by atoms with Crippen molar-refractivity contribution in [1.29, 1.82) is 0 Å². The van der Waals surface area contributed by atoms with E-state index in [1.54, 1.807) is 6.92 Å². The topological polar surface area (TPSA) is 97.7 Å². The maximum atomic E-state index is 12.1. The molecule has 0 aliphatic carbocycles. The zero-order chi connectivity index (χ0) is 26.0. The summed E-state index contributed by atoms with van der Waals surface area (Å²) in [5.74, 6) is -3.46. The molecule has 6 heteroatoms. The molecule has 0 aliphatic heterocycles. The van der Waals surface area contributed by atoms with E-state index in [4.69, 9.17) is 9.84 Å². The molecule has 184 valence electrons. The minimum Gasteiger partial charge on any atom is -0.475 e. The lowest BCUT2D eigenvalue weighted by molar-refractivity contribution is -0.137. The van der Waals surface area contributed by atoms with Gasteiger partial charge in [-0.15, -0.1) is 0 Å². The standard InChI is InChI=1S/C15H20O3.C13H16O3/c1-5-11-8-10(4)9-12(6-2)13(11)14(16)15(17)18-7-3;1-4-9-6-8(3)7-10(5-2)11(9)12(14)13(15)16/h8-9H,5-7H2,1-4H3;6-7H,4-5H2,1-3H3,(H,15,16). The summed E-state index contributed by atoms with van der Waals surface area (Å²) in [6.45, 7) is 13.7. The molecule has 0 bridgehead atoms. The number of hydrogen-bond donors (Lipinski definition) is 1. The first-order valence-electron chi connectivity index (χ1n) is 11.8. The smallest absolute Gasteiger partial charge is 0.379 e. The van der Waals surface area contributed by atoms with E-state index in [-0.39, 0.29) is 6.61 Å². The van der Waals surface area contributed by atoms with E-state index in [1.807, 2.05) is 65.8 Å². The van der Waals surface area contributed by atoms with Gasteiger partial charge >= 0.3 is 11.9 Å². The summed E-state index contributed by atoms with van der Waals surface area (Å²) in [4.78, 5) is 46.1. The van der Waals surface area contributed by atoms with Gasteiger partial charge in [0, 0.05) is 11.1 Å². The van der Waals surface area contributed by atoms with Crippen LogP contribution in [0.4, 0.5) is 0 Å². The molecule has 0 fully saturated rings. The number of Topliss-reactive ketones (excluding diaryl/α,β-unsaturated/α-hetero) is 2. The van der Waals surface area contributed by atoms with Crippen LogP contribution in [0, 0.1) is 13.8 Å². The molecule has 0 spiro atoms. The molecule has 0 amide bonds. The summed E-state index contributed by atoms with van der Waals surface area (Å²) < 4.78 is 4.80. The van der Waals surface area contributed by atoms with Gasteiger partial charge in [-0.1, -0.05) is 63.1 Å². The minimum absolute atomic E-state index is 0.222. The van der Waals surface area contributed by atoms with Crippen LogP contribution < -0.4 is 0 Å². The van der Waals surface area contributed by atoms with Gasteiger partial charge < -0.3 is 9.84 Å². The molecule has 1 N–H and O–H groups in total. The lowest BCUT2D eigenvalue weighted by atomic mass is 9.92. The molecular formula is C28H36O6. The van der Waals surface area contributed by atoms with Crippen molar-refractivity contribution < 1.29 is 29.0 Å². The van der Waals surface area contributed by atoms with E-state index >= 15 is 0 Å². The first-order valence-corrected chi connectivity index (χ1v) is 11.8. The third-order valence-corrected chi connectivity index (χ3v) is 5.52. The second kappa shape index (κ2) is 13.4. The van der Waals surface area contributed by atoms with Crippen molar-refractivity contribution in [3.05, 3.63) is 68.8 Å². The third kappa shape index (κ3) is 7.11. The molecule has 0 aromatic heterocycles. The van der Waals surface area contributed by atoms with E-state index in [0.29, 0.717) is 24.0 Å². The lowest BCUT2D eigenvalue weighted by Crippen LogP contribution is -2.21. The molecule has 34 heavy (non-hydrogen) atoms. The number of aryl methyl sites for hydroxylation is 6. The molecule has 0 saturated heterocycles. The molecule has 0 atom stereocenters. The van der Waals surface area contributed by atoms with Crippen LogP contribution >= 0.6 is 0 Å². The third-order valence-electron chi connectivity index (χ3n) is 5.52. The van der Waals surface area contributed by atoms with E-state index < -0.39 is 23.5 Å². The number of carbonyl (C=O) groups is 4. The van der Waals surface area contributed by atoms with Gasteiger partial charge in [-0.05, 0) is 68.7 Å². The van der Waals surface area contributed by atoms with Gasteiger partial charge in [0.15, 0.2) is 0 Å². The maximum absolute atomic E-state index is 12.1. The Morgan fingerprint density at radius 1 is 0.647 bits per heavy atom. The van der Waals surface area contributed by atoms with Crippen molar-refractivity contribution in [2.24, 2.45) is 0 Å². The molecule has 2 rings (SSSR count). The number of carboxylic acids is 1. The van der Waals surface area contributed by atoms with Crippen LogP contribution in [0.3, 0.4) is 0 Å². The van der Waals surface area contributed by atoms with E-state index in [9.17, 15) is 19.2 Å². The summed E-state index contributed by atoms with van der Waals surface area (Å²) >= 11 is 0. The largest absolute Gasteiger partial charge is 0.475 e. The predicted molar refractivity (Wildman–Crippen MR) is 133 cm³/mol. The van der Waals surface area contributed by atoms with Gasteiger partial charge in [0.2, 0.25) is 0 Å². The number of esters is 1. The number of hydrogen-bond acceptors (Lipinski definition) is 5. The van der Waals surface area contributed by atoms with Crippen molar-refractivity contribution >= 4 is 23.5 Å². The lowest BCUT2D eigenvalue weighted by Gasteiger charge is -2.13. The van der Waals surface area contributed by atoms with Gasteiger partial charge in [0.1, 0.15) is 0 Å². The Morgan fingerprint density at radius 3 is 1.24 bits per heavy atom. The van der Waals surface area contributed by atoms with Crippen molar-refractivity contribution in [2.75, 3.05) is 6.61 Å². The highest BCUT2D eigenvalue weighted by Gasteiger charge is 2.23. The summed E-state index contributed by atoms with van der Waals surface area (Å²) in [6.07, 6.45) is 2.80. The van der Waals surface area contributed by atoms with Crippen molar-refractivity contribution in [3.8, 4) is 0 Å². The first-order chi connectivity index (χ1) is 16.1. The second-order valence-corrected chi connectivity index (χ2v) is 8.01. The fourth-order valence-corrected chi connectivity index (χ4v) is 3.99. The highest BCUT2D eigenvalue weighted by Crippen LogP contribution is 2.21. The van der Waals surface area contributed by atoms with Gasteiger partial charge in [0.25, 0.3) is 11.6 Å². The average molecular weight is 469 g/mol. The molecule has 6 nitrogen and oxygen atoms in total. The Bertz CT molecular complexity index is 1010. The monoisotopic (exact) mass is 468 g/mol. The fraction of sp³-hybridized carbons (Fsp3) is 0.429. The van der Waals surface area contributed by atoms with Crippen LogP contribution in [0.15, 0.2) is 24.3 Å². The van der Waals surface area contributed by atoms with Crippen LogP contribution in [0.25, 0.3) is 0 Å². The Hall–Kier alpha value is -3.28. The molecule has 0 saturated carbocycles. The normalized spacial score (nSPS) is 10.2. The summed E-state index contributed by atoms with van der Waals surface area (Å²) in [7, 11) is 0. The molecule has 0 unspecified atom stereocenters. The summed E-state index contributed by atoms with van der Waals surface area (Å²) in [5, 5.41) is 8.80. The van der Waals surface area contributed by atoms with Crippen LogP contribution in [-0.4, -0.2) is 35.2 Å². The number of ether oxygens (including phenoxy) is 1. The highest BCUT2D eigenvalue weighted by molar-refractivity contribution is 6.41. The Labute approximate surface area is 202 Å². The predicted octanol–water partition coefficient (Wildman–Crippen LogP) is 5.25. The number of carbonyl (C=O) groups excluding carboxylic acids is 3. The van der Waals surface area contributed by atoms with Crippen LogP contribution in [0.2, 0.25) is 0 Å². The minimum atomic E-state index is -1.38. The zero-order valence-electron chi connectivity index (χ0n) is 21.3. The Balaban J connectivity index is 0.000000342. The Kier molecular flexibility index (Phi) is 11.4. The number of aliphatic carboxylic acids is 1. The van der Waals surface area contributed by atoms with Gasteiger partial charge in [-0.3, -0.25) is 9.59 Å². The highest BCUT2D eigenvalue weighted by atomic mass is 16.5. The molecule has 0 aliphatic rings. The summed E-state index contributed by atoms with van der Waals surface area (Å²) in [5.41, 5.74) is 6.58. The van der Waals surface area contributed by atoms with Gasteiger partial charge in [-0.2, -0.15) is 0 Å². The van der Waals surface area contributed by atoms with Crippen molar-refractivity contribution in [1.82, 2.24) is 0 Å². The maximum Gasteiger partial charge on any atom is 0.379 e.